The van der Waals surface area contributed by atoms with Crippen molar-refractivity contribution in [2.24, 2.45) is 0 Å². The molecule has 0 aliphatic carbocycles. The van der Waals surface area contributed by atoms with Crippen molar-refractivity contribution in [1.82, 2.24) is 9.55 Å². The molecule has 6 heteroatoms. The first kappa shape index (κ1) is 17.2. The van der Waals surface area contributed by atoms with Gasteiger partial charge < -0.3 is 9.47 Å². The van der Waals surface area contributed by atoms with E-state index in [-0.39, 0.29) is 5.56 Å². The summed E-state index contributed by atoms with van der Waals surface area (Å²) in [6, 6.07) is 11.1. The molecule has 0 radical (unpaired) electrons. The van der Waals surface area contributed by atoms with Crippen LogP contribution in [-0.4, -0.2) is 23.8 Å². The van der Waals surface area contributed by atoms with Crippen LogP contribution in [0.25, 0.3) is 23.2 Å². The van der Waals surface area contributed by atoms with Crippen LogP contribution in [0.1, 0.15) is 11.4 Å². The van der Waals surface area contributed by atoms with E-state index in [1.165, 1.54) is 4.57 Å². The third kappa shape index (κ3) is 3.30. The number of rotatable bonds is 4. The molecule has 1 aromatic heterocycles. The number of benzene rings is 2. The van der Waals surface area contributed by atoms with Crippen molar-refractivity contribution in [2.75, 3.05) is 14.2 Å². The quantitative estimate of drug-likeness (QED) is 0.660. The number of hydrogen-bond acceptors (Lipinski definition) is 4. The Balaban J connectivity index is 2.13. The summed E-state index contributed by atoms with van der Waals surface area (Å²) < 4.78 is 13.1. The Morgan fingerprint density at radius 1 is 1.16 bits per heavy atom. The first-order valence-electron chi connectivity index (χ1n) is 7.62. The summed E-state index contributed by atoms with van der Waals surface area (Å²) in [5, 5.41) is 0.558. The highest BCUT2D eigenvalue weighted by Crippen LogP contribution is 2.31. The molecule has 0 spiro atoms. The Kier molecular flexibility index (Phi) is 4.90. The van der Waals surface area contributed by atoms with Gasteiger partial charge in [0.15, 0.2) is 11.5 Å². The molecule has 0 amide bonds. The van der Waals surface area contributed by atoms with Gasteiger partial charge in [0.05, 0.1) is 25.1 Å². The SMILES string of the molecule is COc1cccc(/C=C/n2c(C)nc3ccc(Br)cc3c2=O)c1OC. The van der Waals surface area contributed by atoms with Gasteiger partial charge in [0.2, 0.25) is 0 Å². The first-order chi connectivity index (χ1) is 12.0. The summed E-state index contributed by atoms with van der Waals surface area (Å²) >= 11 is 3.40. The van der Waals surface area contributed by atoms with Crippen molar-refractivity contribution in [3.05, 3.63) is 62.6 Å². The zero-order valence-corrected chi connectivity index (χ0v) is 15.7. The molecule has 3 rings (SSSR count). The minimum absolute atomic E-state index is 0.123. The summed E-state index contributed by atoms with van der Waals surface area (Å²) in [4.78, 5) is 17.3. The monoisotopic (exact) mass is 400 g/mol. The second-order valence-electron chi connectivity index (χ2n) is 5.39. The molecule has 5 nitrogen and oxygen atoms in total. The van der Waals surface area contributed by atoms with E-state index in [0.717, 1.165) is 10.0 Å². The van der Waals surface area contributed by atoms with Crippen LogP contribution in [0.3, 0.4) is 0 Å². The normalized spacial score (nSPS) is 11.2. The van der Waals surface area contributed by atoms with E-state index >= 15 is 0 Å². The van der Waals surface area contributed by atoms with Crippen LogP contribution < -0.4 is 15.0 Å². The number of hydrogen-bond donors (Lipinski definition) is 0. The number of halogens is 1. The number of ether oxygens (including phenoxy) is 2. The highest BCUT2D eigenvalue weighted by Gasteiger charge is 2.09. The van der Waals surface area contributed by atoms with Crippen LogP contribution in [0.4, 0.5) is 0 Å². The molecule has 1 heterocycles. The first-order valence-corrected chi connectivity index (χ1v) is 8.42. The van der Waals surface area contributed by atoms with Gasteiger partial charge in [-0.05, 0) is 37.3 Å². The smallest absolute Gasteiger partial charge is 0.265 e. The van der Waals surface area contributed by atoms with Gasteiger partial charge in [0.1, 0.15) is 5.82 Å². The molecule has 25 heavy (non-hydrogen) atoms. The predicted molar refractivity (Wildman–Crippen MR) is 103 cm³/mol. The summed E-state index contributed by atoms with van der Waals surface area (Å²) in [6.45, 7) is 1.80. The molecule has 0 aliphatic rings. The molecule has 3 aromatic rings. The fourth-order valence-corrected chi connectivity index (χ4v) is 3.02. The van der Waals surface area contributed by atoms with Crippen LogP contribution in [0, 0.1) is 6.92 Å². The van der Waals surface area contributed by atoms with Crippen LogP contribution in [0.15, 0.2) is 45.7 Å². The van der Waals surface area contributed by atoms with Crippen molar-refractivity contribution in [1.29, 1.82) is 0 Å². The molecular weight excluding hydrogens is 384 g/mol. The molecule has 128 valence electrons. The number of aromatic nitrogens is 2. The van der Waals surface area contributed by atoms with Crippen molar-refractivity contribution in [2.45, 2.75) is 6.92 Å². The molecule has 0 saturated heterocycles. The average Bonchev–Trinajstić information content (AvgIpc) is 2.61. The van der Waals surface area contributed by atoms with Gasteiger partial charge in [-0.3, -0.25) is 9.36 Å². The van der Waals surface area contributed by atoms with E-state index in [1.807, 2.05) is 30.3 Å². The highest BCUT2D eigenvalue weighted by atomic mass is 79.9. The molecule has 0 bridgehead atoms. The Hall–Kier alpha value is -2.60. The Morgan fingerprint density at radius 3 is 2.68 bits per heavy atom. The van der Waals surface area contributed by atoms with Crippen LogP contribution in [0.2, 0.25) is 0 Å². The van der Waals surface area contributed by atoms with Gasteiger partial charge in [0, 0.05) is 16.2 Å². The third-order valence-electron chi connectivity index (χ3n) is 3.88. The summed E-state index contributed by atoms with van der Waals surface area (Å²) in [6.07, 6.45) is 3.50. The van der Waals surface area contributed by atoms with E-state index in [9.17, 15) is 4.79 Å². The van der Waals surface area contributed by atoms with E-state index in [4.69, 9.17) is 9.47 Å². The largest absolute Gasteiger partial charge is 0.493 e. The van der Waals surface area contributed by atoms with Crippen molar-refractivity contribution >= 4 is 39.1 Å². The second-order valence-corrected chi connectivity index (χ2v) is 6.31. The van der Waals surface area contributed by atoms with E-state index in [2.05, 4.69) is 20.9 Å². The molecule has 2 aromatic carbocycles. The number of fused-ring (bicyclic) bond motifs is 1. The lowest BCUT2D eigenvalue weighted by Gasteiger charge is -2.10. The maximum atomic E-state index is 12.8. The summed E-state index contributed by atoms with van der Waals surface area (Å²) in [5.74, 6) is 1.86. The Bertz CT molecular complexity index is 1030. The Labute approximate surface area is 153 Å². The van der Waals surface area contributed by atoms with Crippen molar-refractivity contribution in [3.63, 3.8) is 0 Å². The number of nitrogens with zero attached hydrogens (tertiary/aromatic N) is 2. The lowest BCUT2D eigenvalue weighted by atomic mass is 10.2. The van der Waals surface area contributed by atoms with Gasteiger partial charge in [0.25, 0.3) is 5.56 Å². The predicted octanol–water partition coefficient (Wildman–Crippen LogP) is 4.11. The lowest BCUT2D eigenvalue weighted by molar-refractivity contribution is 0.354. The molecule has 0 unspecified atom stereocenters. The van der Waals surface area contributed by atoms with Crippen molar-refractivity contribution < 1.29 is 9.47 Å². The summed E-state index contributed by atoms with van der Waals surface area (Å²) in [5.41, 5.74) is 1.36. The van der Waals surface area contributed by atoms with Gasteiger partial charge in [-0.25, -0.2) is 4.98 Å². The minimum Gasteiger partial charge on any atom is -0.493 e. The van der Waals surface area contributed by atoms with E-state index in [0.29, 0.717) is 28.2 Å². The van der Waals surface area contributed by atoms with Gasteiger partial charge >= 0.3 is 0 Å². The second kappa shape index (κ2) is 7.11. The van der Waals surface area contributed by atoms with Gasteiger partial charge in [-0.15, -0.1) is 0 Å². The van der Waals surface area contributed by atoms with Crippen molar-refractivity contribution in [3.8, 4) is 11.5 Å². The number of methoxy groups -OCH3 is 2. The third-order valence-corrected chi connectivity index (χ3v) is 4.37. The molecule has 0 N–H and O–H groups in total. The zero-order chi connectivity index (χ0) is 18.0. The molecular formula is C19H17BrN2O3. The zero-order valence-electron chi connectivity index (χ0n) is 14.1. The maximum Gasteiger partial charge on any atom is 0.265 e. The molecule has 0 fully saturated rings. The highest BCUT2D eigenvalue weighted by molar-refractivity contribution is 9.10. The van der Waals surface area contributed by atoms with Crippen LogP contribution >= 0.6 is 15.9 Å². The van der Waals surface area contributed by atoms with E-state index in [1.54, 1.807) is 39.5 Å². The fraction of sp³-hybridized carbons (Fsp3) is 0.158. The average molecular weight is 401 g/mol. The van der Waals surface area contributed by atoms with Crippen LogP contribution in [0.5, 0.6) is 11.5 Å². The van der Waals surface area contributed by atoms with Gasteiger partial charge in [-0.1, -0.05) is 28.1 Å². The minimum atomic E-state index is -0.123. The standard InChI is InChI=1S/C19H17BrN2O3/c1-12-21-16-8-7-14(20)11-15(16)19(23)22(12)10-9-13-5-4-6-17(24-2)18(13)25-3/h4-11H,1-3H3/b10-9+. The molecule has 0 aliphatic heterocycles. The summed E-state index contributed by atoms with van der Waals surface area (Å²) in [7, 11) is 3.17. The topological polar surface area (TPSA) is 53.4 Å². The molecule has 0 atom stereocenters. The maximum absolute atomic E-state index is 12.8. The van der Waals surface area contributed by atoms with Crippen LogP contribution in [-0.2, 0) is 0 Å². The fourth-order valence-electron chi connectivity index (χ4n) is 2.66. The number of para-hydroxylation sites is 1. The number of aryl methyl sites for hydroxylation is 1. The Morgan fingerprint density at radius 2 is 1.96 bits per heavy atom. The molecule has 0 saturated carbocycles. The van der Waals surface area contributed by atoms with Gasteiger partial charge in [-0.2, -0.15) is 0 Å². The lowest BCUT2D eigenvalue weighted by Crippen LogP contribution is -2.19. The van der Waals surface area contributed by atoms with E-state index < -0.39 is 0 Å².